The van der Waals surface area contributed by atoms with E-state index in [9.17, 15) is 9.59 Å². The fourth-order valence-electron chi connectivity index (χ4n) is 1.12. The van der Waals surface area contributed by atoms with Crippen molar-refractivity contribution < 1.29 is 19.4 Å². The fraction of sp³-hybridized carbons (Fsp3) is 0.273. The van der Waals surface area contributed by atoms with Crippen LogP contribution in [0.1, 0.15) is 15.9 Å². The van der Waals surface area contributed by atoms with Crippen molar-refractivity contribution in [2.45, 2.75) is 11.8 Å². The molecule has 0 aromatic heterocycles. The van der Waals surface area contributed by atoms with E-state index in [1.807, 2.05) is 6.92 Å². The van der Waals surface area contributed by atoms with Crippen molar-refractivity contribution in [1.29, 1.82) is 0 Å². The van der Waals surface area contributed by atoms with Gasteiger partial charge in [0.15, 0.2) is 0 Å². The maximum atomic E-state index is 11.0. The second-order valence-electron chi connectivity index (χ2n) is 3.17. The summed E-state index contributed by atoms with van der Waals surface area (Å²) in [5.74, 6) is -1.25. The maximum absolute atomic E-state index is 11.0. The van der Waals surface area contributed by atoms with Crippen LogP contribution in [0.25, 0.3) is 0 Å². The molecule has 0 amide bonds. The first-order valence-corrected chi connectivity index (χ1v) is 5.56. The second kappa shape index (κ2) is 5.55. The van der Waals surface area contributed by atoms with Gasteiger partial charge in [0.2, 0.25) is 0 Å². The zero-order valence-corrected chi connectivity index (χ0v) is 9.84. The molecule has 1 N–H and O–H groups in total. The minimum atomic E-state index is -0.993. The standard InChI is InChI=1S/C11H12O4S/c1-7-3-4-8(11(13)14)9(5-7)16-6-10(12)15-2/h3-5H,6H2,1-2H3,(H,13,14). The first kappa shape index (κ1) is 12.6. The molecule has 0 aliphatic heterocycles. The Morgan fingerprint density at radius 1 is 1.44 bits per heavy atom. The van der Waals surface area contributed by atoms with Crippen LogP contribution in [0.4, 0.5) is 0 Å². The van der Waals surface area contributed by atoms with Gasteiger partial charge in [0.1, 0.15) is 0 Å². The first-order valence-electron chi connectivity index (χ1n) is 4.58. The number of carboxylic acid groups (broad SMARTS) is 1. The van der Waals surface area contributed by atoms with Gasteiger partial charge in [-0.3, -0.25) is 4.79 Å². The average molecular weight is 240 g/mol. The monoisotopic (exact) mass is 240 g/mol. The summed E-state index contributed by atoms with van der Waals surface area (Å²) >= 11 is 1.17. The Bertz CT molecular complexity index is 414. The van der Waals surface area contributed by atoms with E-state index in [1.54, 1.807) is 12.1 Å². The number of benzene rings is 1. The minimum absolute atomic E-state index is 0.111. The quantitative estimate of drug-likeness (QED) is 0.643. The van der Waals surface area contributed by atoms with Crippen LogP contribution in [0, 0.1) is 6.92 Å². The van der Waals surface area contributed by atoms with E-state index in [1.165, 1.54) is 24.9 Å². The normalized spacial score (nSPS) is 9.88. The van der Waals surface area contributed by atoms with Crippen molar-refractivity contribution in [2.75, 3.05) is 12.9 Å². The third-order valence-corrected chi connectivity index (χ3v) is 2.97. The van der Waals surface area contributed by atoms with Crippen LogP contribution in [0.2, 0.25) is 0 Å². The van der Waals surface area contributed by atoms with Gasteiger partial charge < -0.3 is 9.84 Å². The molecule has 0 aliphatic carbocycles. The van der Waals surface area contributed by atoms with Crippen molar-refractivity contribution >= 4 is 23.7 Å². The zero-order chi connectivity index (χ0) is 12.1. The van der Waals surface area contributed by atoms with E-state index >= 15 is 0 Å². The number of carbonyl (C=O) groups is 2. The Kier molecular flexibility index (Phi) is 4.37. The van der Waals surface area contributed by atoms with Gasteiger partial charge >= 0.3 is 11.9 Å². The SMILES string of the molecule is COC(=O)CSc1cc(C)ccc1C(=O)O. The highest BCUT2D eigenvalue weighted by atomic mass is 32.2. The highest BCUT2D eigenvalue weighted by Gasteiger charge is 2.12. The molecule has 0 unspecified atom stereocenters. The number of aromatic carboxylic acids is 1. The summed E-state index contributed by atoms with van der Waals surface area (Å²) in [6.07, 6.45) is 0. The molecule has 0 fully saturated rings. The van der Waals surface area contributed by atoms with Gasteiger partial charge in [-0.2, -0.15) is 0 Å². The van der Waals surface area contributed by atoms with Crippen molar-refractivity contribution in [3.8, 4) is 0 Å². The van der Waals surface area contributed by atoms with E-state index in [-0.39, 0.29) is 17.3 Å². The Morgan fingerprint density at radius 3 is 2.69 bits per heavy atom. The van der Waals surface area contributed by atoms with Crippen LogP contribution in [0.3, 0.4) is 0 Å². The Labute approximate surface area is 97.6 Å². The van der Waals surface area contributed by atoms with E-state index in [0.717, 1.165) is 5.56 Å². The molecule has 0 saturated carbocycles. The molecule has 0 atom stereocenters. The first-order chi connectivity index (χ1) is 7.54. The largest absolute Gasteiger partial charge is 0.478 e. The Hall–Kier alpha value is -1.49. The van der Waals surface area contributed by atoms with Crippen LogP contribution < -0.4 is 0 Å². The smallest absolute Gasteiger partial charge is 0.336 e. The molecule has 0 aliphatic rings. The zero-order valence-electron chi connectivity index (χ0n) is 9.02. The number of aryl methyl sites for hydroxylation is 1. The predicted molar refractivity (Wildman–Crippen MR) is 60.9 cm³/mol. The molecule has 4 nitrogen and oxygen atoms in total. The summed E-state index contributed by atoms with van der Waals surface area (Å²) in [6, 6.07) is 5.01. The molecule has 5 heteroatoms. The van der Waals surface area contributed by atoms with Gasteiger partial charge in [0.05, 0.1) is 18.4 Å². The highest BCUT2D eigenvalue weighted by molar-refractivity contribution is 8.00. The number of thioether (sulfide) groups is 1. The highest BCUT2D eigenvalue weighted by Crippen LogP contribution is 2.24. The summed E-state index contributed by atoms with van der Waals surface area (Å²) in [4.78, 5) is 22.5. The average Bonchev–Trinajstić information content (AvgIpc) is 2.25. The number of ether oxygens (including phenoxy) is 1. The van der Waals surface area contributed by atoms with Gasteiger partial charge in [-0.05, 0) is 24.6 Å². The molecule has 1 aromatic rings. The lowest BCUT2D eigenvalue weighted by molar-refractivity contribution is -0.137. The number of carboxylic acids is 1. The van der Waals surface area contributed by atoms with Gasteiger partial charge in [-0.15, -0.1) is 11.8 Å². The van der Waals surface area contributed by atoms with E-state index in [4.69, 9.17) is 5.11 Å². The Balaban J connectivity index is 2.88. The molecule has 0 spiro atoms. The number of rotatable bonds is 4. The van der Waals surface area contributed by atoms with E-state index in [0.29, 0.717) is 4.90 Å². The Morgan fingerprint density at radius 2 is 2.12 bits per heavy atom. The number of esters is 1. The molecule has 0 saturated heterocycles. The summed E-state index contributed by atoms with van der Waals surface area (Å²) in [6.45, 7) is 1.87. The van der Waals surface area contributed by atoms with Crippen LogP contribution in [0.15, 0.2) is 23.1 Å². The topological polar surface area (TPSA) is 63.6 Å². The third-order valence-electron chi connectivity index (χ3n) is 1.94. The van der Waals surface area contributed by atoms with Crippen molar-refractivity contribution in [3.63, 3.8) is 0 Å². The molecule has 0 bridgehead atoms. The summed E-state index contributed by atoms with van der Waals surface area (Å²) in [5, 5.41) is 8.95. The number of hydrogen-bond donors (Lipinski definition) is 1. The lowest BCUT2D eigenvalue weighted by Crippen LogP contribution is -2.05. The molecular formula is C11H12O4S. The van der Waals surface area contributed by atoms with Crippen molar-refractivity contribution in [1.82, 2.24) is 0 Å². The summed E-state index contributed by atoms with van der Waals surface area (Å²) in [7, 11) is 1.30. The maximum Gasteiger partial charge on any atom is 0.336 e. The van der Waals surface area contributed by atoms with Gasteiger partial charge in [0, 0.05) is 4.90 Å². The van der Waals surface area contributed by atoms with Crippen LogP contribution >= 0.6 is 11.8 Å². The lowest BCUT2D eigenvalue weighted by atomic mass is 10.1. The van der Waals surface area contributed by atoms with Crippen LogP contribution in [-0.2, 0) is 9.53 Å². The molecule has 86 valence electrons. The molecule has 1 aromatic carbocycles. The van der Waals surface area contributed by atoms with Gasteiger partial charge in [-0.1, -0.05) is 6.07 Å². The molecule has 1 rings (SSSR count). The van der Waals surface area contributed by atoms with Gasteiger partial charge in [0.25, 0.3) is 0 Å². The molecule has 0 heterocycles. The summed E-state index contributed by atoms with van der Waals surface area (Å²) < 4.78 is 4.50. The molecule has 0 radical (unpaired) electrons. The predicted octanol–water partition coefficient (Wildman–Crippen LogP) is 1.96. The van der Waals surface area contributed by atoms with Crippen molar-refractivity contribution in [3.05, 3.63) is 29.3 Å². The van der Waals surface area contributed by atoms with E-state index < -0.39 is 5.97 Å². The second-order valence-corrected chi connectivity index (χ2v) is 4.19. The number of carbonyl (C=O) groups excluding carboxylic acids is 1. The van der Waals surface area contributed by atoms with Crippen LogP contribution in [0.5, 0.6) is 0 Å². The lowest BCUT2D eigenvalue weighted by Gasteiger charge is -2.06. The molecular weight excluding hydrogens is 228 g/mol. The van der Waals surface area contributed by atoms with Crippen molar-refractivity contribution in [2.24, 2.45) is 0 Å². The van der Waals surface area contributed by atoms with E-state index in [2.05, 4.69) is 4.74 Å². The summed E-state index contributed by atoms with van der Waals surface area (Å²) in [5.41, 5.74) is 1.16. The third kappa shape index (κ3) is 3.27. The number of methoxy groups -OCH3 is 1. The minimum Gasteiger partial charge on any atom is -0.478 e. The van der Waals surface area contributed by atoms with Gasteiger partial charge in [-0.25, -0.2) is 4.79 Å². The van der Waals surface area contributed by atoms with Crippen LogP contribution in [-0.4, -0.2) is 29.9 Å². The fourth-order valence-corrected chi connectivity index (χ4v) is 2.09. The molecule has 16 heavy (non-hydrogen) atoms. The number of hydrogen-bond acceptors (Lipinski definition) is 4.